The predicted octanol–water partition coefficient (Wildman–Crippen LogP) is 1.55. The molecular formula is C13H15ClN6O. The molecule has 0 saturated heterocycles. The van der Waals surface area contributed by atoms with E-state index in [-0.39, 0.29) is 0 Å². The number of hydrogen-bond donors (Lipinski definition) is 0. The van der Waals surface area contributed by atoms with E-state index in [1.165, 1.54) is 6.33 Å². The van der Waals surface area contributed by atoms with E-state index in [9.17, 15) is 0 Å². The summed E-state index contributed by atoms with van der Waals surface area (Å²) in [5.41, 5.74) is 2.53. The van der Waals surface area contributed by atoms with Gasteiger partial charge in [0.05, 0.1) is 19.2 Å². The van der Waals surface area contributed by atoms with Crippen LogP contribution in [0.2, 0.25) is 0 Å². The van der Waals surface area contributed by atoms with Gasteiger partial charge in [0, 0.05) is 19.8 Å². The van der Waals surface area contributed by atoms with Gasteiger partial charge in [0.25, 0.3) is 0 Å². The number of fused-ring (bicyclic) bond motifs is 1. The summed E-state index contributed by atoms with van der Waals surface area (Å²) in [7, 11) is 3.47. The van der Waals surface area contributed by atoms with Gasteiger partial charge in [0.2, 0.25) is 5.88 Å². The molecule has 0 aliphatic carbocycles. The number of ether oxygens (including phenoxy) is 1. The van der Waals surface area contributed by atoms with E-state index >= 15 is 0 Å². The molecule has 0 unspecified atom stereocenters. The number of halogens is 1. The highest BCUT2D eigenvalue weighted by atomic mass is 35.5. The molecule has 0 aliphatic heterocycles. The van der Waals surface area contributed by atoms with Crippen LogP contribution in [-0.2, 0) is 25.9 Å². The van der Waals surface area contributed by atoms with Gasteiger partial charge in [-0.1, -0.05) is 0 Å². The molecule has 21 heavy (non-hydrogen) atoms. The maximum atomic E-state index is 6.00. The van der Waals surface area contributed by atoms with Crippen LogP contribution >= 0.6 is 11.6 Å². The number of alkyl halides is 1. The SMILES string of the molecule is COc1ncnc2c1nc(CCl)n2CCc1cnn(C)c1. The van der Waals surface area contributed by atoms with Crippen molar-refractivity contribution in [3.8, 4) is 5.88 Å². The Balaban J connectivity index is 1.96. The summed E-state index contributed by atoms with van der Waals surface area (Å²) in [4.78, 5) is 12.9. The molecule has 0 saturated carbocycles. The van der Waals surface area contributed by atoms with Crippen molar-refractivity contribution in [2.45, 2.75) is 18.8 Å². The summed E-state index contributed by atoms with van der Waals surface area (Å²) in [5, 5.41) is 4.17. The number of hydrogen-bond acceptors (Lipinski definition) is 5. The van der Waals surface area contributed by atoms with Crippen LogP contribution in [0.4, 0.5) is 0 Å². The molecule has 110 valence electrons. The molecule has 3 aromatic rings. The van der Waals surface area contributed by atoms with Crippen molar-refractivity contribution in [2.75, 3.05) is 7.11 Å². The number of aromatic nitrogens is 6. The Morgan fingerprint density at radius 1 is 1.33 bits per heavy atom. The van der Waals surface area contributed by atoms with Crippen LogP contribution in [0, 0.1) is 0 Å². The number of imidazole rings is 1. The van der Waals surface area contributed by atoms with E-state index in [0.717, 1.165) is 30.0 Å². The molecule has 0 atom stereocenters. The highest BCUT2D eigenvalue weighted by Crippen LogP contribution is 2.22. The monoisotopic (exact) mass is 306 g/mol. The Morgan fingerprint density at radius 3 is 2.86 bits per heavy atom. The Kier molecular flexibility index (Phi) is 3.74. The molecule has 0 aliphatic rings. The van der Waals surface area contributed by atoms with Gasteiger partial charge in [-0.3, -0.25) is 4.68 Å². The number of methoxy groups -OCH3 is 1. The van der Waals surface area contributed by atoms with Crippen LogP contribution in [0.1, 0.15) is 11.4 Å². The lowest BCUT2D eigenvalue weighted by Gasteiger charge is -2.05. The molecule has 8 heteroatoms. The van der Waals surface area contributed by atoms with Crippen molar-refractivity contribution in [3.63, 3.8) is 0 Å². The first kappa shape index (κ1) is 13.8. The van der Waals surface area contributed by atoms with Gasteiger partial charge in [-0.05, 0) is 12.0 Å². The van der Waals surface area contributed by atoms with E-state index in [0.29, 0.717) is 17.3 Å². The third-order valence-corrected chi connectivity index (χ3v) is 3.51. The van der Waals surface area contributed by atoms with Crippen molar-refractivity contribution < 1.29 is 4.74 Å². The maximum absolute atomic E-state index is 6.00. The molecule has 0 N–H and O–H groups in total. The summed E-state index contributed by atoms with van der Waals surface area (Å²) < 4.78 is 9.01. The Bertz CT molecular complexity index is 765. The van der Waals surface area contributed by atoms with Crippen LogP contribution in [0.5, 0.6) is 5.88 Å². The van der Waals surface area contributed by atoms with Gasteiger partial charge in [-0.25, -0.2) is 9.97 Å². The van der Waals surface area contributed by atoms with Crippen molar-refractivity contribution in [1.29, 1.82) is 0 Å². The molecule has 0 spiro atoms. The van der Waals surface area contributed by atoms with Gasteiger partial charge in [0.1, 0.15) is 12.2 Å². The van der Waals surface area contributed by atoms with Crippen LogP contribution in [0.25, 0.3) is 11.2 Å². The molecule has 0 radical (unpaired) electrons. The standard InChI is InChI=1S/C13H15ClN6O/c1-19-7-9(6-17-19)3-4-20-10(5-14)18-11-12(20)15-8-16-13(11)21-2/h6-8H,3-5H2,1-2H3. The largest absolute Gasteiger partial charge is 0.479 e. The normalized spacial score (nSPS) is 11.2. The van der Waals surface area contributed by atoms with Crippen molar-refractivity contribution in [3.05, 3.63) is 30.1 Å². The van der Waals surface area contributed by atoms with Crippen molar-refractivity contribution in [1.82, 2.24) is 29.3 Å². The first-order valence-corrected chi connectivity index (χ1v) is 7.04. The molecular weight excluding hydrogens is 292 g/mol. The lowest BCUT2D eigenvalue weighted by atomic mass is 10.2. The van der Waals surface area contributed by atoms with E-state index in [1.807, 2.05) is 24.0 Å². The Labute approximate surface area is 126 Å². The summed E-state index contributed by atoms with van der Waals surface area (Å²) >= 11 is 6.00. The molecule has 3 rings (SSSR count). The average Bonchev–Trinajstić information content (AvgIpc) is 3.07. The highest BCUT2D eigenvalue weighted by molar-refractivity contribution is 6.16. The Hall–Kier alpha value is -2.15. The molecule has 7 nitrogen and oxygen atoms in total. The molecule has 0 bridgehead atoms. The summed E-state index contributed by atoms with van der Waals surface area (Å²) in [6.07, 6.45) is 6.15. The van der Waals surface area contributed by atoms with Gasteiger partial charge in [-0.15, -0.1) is 11.6 Å². The van der Waals surface area contributed by atoms with Crippen LogP contribution in [0.3, 0.4) is 0 Å². The Morgan fingerprint density at radius 2 is 2.19 bits per heavy atom. The lowest BCUT2D eigenvalue weighted by molar-refractivity contribution is 0.401. The molecule has 0 fully saturated rings. The highest BCUT2D eigenvalue weighted by Gasteiger charge is 2.15. The van der Waals surface area contributed by atoms with E-state index in [2.05, 4.69) is 20.1 Å². The molecule has 0 amide bonds. The van der Waals surface area contributed by atoms with E-state index in [1.54, 1.807) is 11.8 Å². The van der Waals surface area contributed by atoms with Crippen LogP contribution < -0.4 is 4.74 Å². The second kappa shape index (κ2) is 5.69. The second-order valence-corrected chi connectivity index (χ2v) is 4.91. The third kappa shape index (κ3) is 2.56. The van der Waals surface area contributed by atoms with Crippen molar-refractivity contribution >= 4 is 22.8 Å². The quantitative estimate of drug-likeness (QED) is 0.669. The fraction of sp³-hybridized carbons (Fsp3) is 0.385. The van der Waals surface area contributed by atoms with E-state index in [4.69, 9.17) is 16.3 Å². The first-order valence-electron chi connectivity index (χ1n) is 6.50. The topological polar surface area (TPSA) is 70.7 Å². The number of aryl methyl sites for hydroxylation is 3. The minimum atomic E-state index is 0.312. The molecule has 3 aromatic heterocycles. The third-order valence-electron chi connectivity index (χ3n) is 3.27. The van der Waals surface area contributed by atoms with Gasteiger partial charge in [0.15, 0.2) is 11.2 Å². The summed E-state index contributed by atoms with van der Waals surface area (Å²) in [6.45, 7) is 0.727. The van der Waals surface area contributed by atoms with Gasteiger partial charge in [-0.2, -0.15) is 10.1 Å². The minimum absolute atomic E-state index is 0.312. The zero-order chi connectivity index (χ0) is 14.8. The number of nitrogens with zero attached hydrogens (tertiary/aromatic N) is 6. The molecule has 0 aromatic carbocycles. The van der Waals surface area contributed by atoms with Gasteiger partial charge >= 0.3 is 0 Å². The summed E-state index contributed by atoms with van der Waals surface area (Å²) in [6, 6.07) is 0. The fourth-order valence-corrected chi connectivity index (χ4v) is 2.49. The van der Waals surface area contributed by atoms with Gasteiger partial charge < -0.3 is 9.30 Å². The smallest absolute Gasteiger partial charge is 0.245 e. The minimum Gasteiger partial charge on any atom is -0.479 e. The number of rotatable bonds is 5. The zero-order valence-corrected chi connectivity index (χ0v) is 12.6. The predicted molar refractivity (Wildman–Crippen MR) is 78.3 cm³/mol. The summed E-state index contributed by atoms with van der Waals surface area (Å²) in [5.74, 6) is 1.54. The second-order valence-electron chi connectivity index (χ2n) is 4.64. The van der Waals surface area contributed by atoms with E-state index < -0.39 is 0 Å². The maximum Gasteiger partial charge on any atom is 0.245 e. The fourth-order valence-electron chi connectivity index (χ4n) is 2.29. The first-order chi connectivity index (χ1) is 10.2. The molecule has 3 heterocycles. The average molecular weight is 307 g/mol. The zero-order valence-electron chi connectivity index (χ0n) is 11.8. The van der Waals surface area contributed by atoms with Crippen LogP contribution in [-0.4, -0.2) is 36.4 Å². The van der Waals surface area contributed by atoms with Crippen molar-refractivity contribution in [2.24, 2.45) is 7.05 Å². The van der Waals surface area contributed by atoms with Crippen LogP contribution in [0.15, 0.2) is 18.7 Å². The lowest BCUT2D eigenvalue weighted by Crippen LogP contribution is -2.05.